The first-order chi connectivity index (χ1) is 10.3. The van der Waals surface area contributed by atoms with Gasteiger partial charge in [0, 0.05) is 12.3 Å². The minimum atomic E-state index is -0.325. The molecule has 5 heteroatoms. The van der Waals surface area contributed by atoms with Gasteiger partial charge in [0.2, 0.25) is 0 Å². The van der Waals surface area contributed by atoms with Crippen molar-refractivity contribution < 1.29 is 4.79 Å². The van der Waals surface area contributed by atoms with Gasteiger partial charge in [-0.1, -0.05) is 12.8 Å². The maximum absolute atomic E-state index is 11.2. The van der Waals surface area contributed by atoms with Crippen LogP contribution in [0.25, 0.3) is 0 Å². The van der Waals surface area contributed by atoms with Crippen molar-refractivity contribution in [2.24, 2.45) is 11.0 Å². The molecule has 0 aromatic rings. The standard InChI is InChI=1S/C16H26N4O/c17-10-9-16(21)19-18-13-14-5-4-6-15(8-7-14)20-11-2-1-3-12-20/h13-15H,1-9,11-12H2,(H,19,21)/b18-13-/t14-,15+/m0/s1. The van der Waals surface area contributed by atoms with E-state index in [0.717, 1.165) is 18.9 Å². The Kier molecular flexibility index (Phi) is 6.68. The summed E-state index contributed by atoms with van der Waals surface area (Å²) in [4.78, 5) is 13.8. The second-order valence-corrected chi connectivity index (χ2v) is 6.17. The smallest absolute Gasteiger partial charge is 0.254 e. The van der Waals surface area contributed by atoms with E-state index in [9.17, 15) is 4.79 Å². The highest BCUT2D eigenvalue weighted by Gasteiger charge is 2.24. The Labute approximate surface area is 127 Å². The first-order valence-corrected chi connectivity index (χ1v) is 8.22. The molecule has 21 heavy (non-hydrogen) atoms. The first kappa shape index (κ1) is 16.0. The number of amides is 1. The molecular formula is C16H26N4O. The number of rotatable bonds is 4. The van der Waals surface area contributed by atoms with E-state index in [0.29, 0.717) is 5.92 Å². The van der Waals surface area contributed by atoms with Crippen molar-refractivity contribution >= 4 is 12.1 Å². The third-order valence-corrected chi connectivity index (χ3v) is 4.60. The number of hydrogen-bond acceptors (Lipinski definition) is 4. The summed E-state index contributed by atoms with van der Waals surface area (Å²) in [5.41, 5.74) is 2.42. The van der Waals surface area contributed by atoms with Gasteiger partial charge < -0.3 is 4.90 Å². The van der Waals surface area contributed by atoms with Crippen LogP contribution < -0.4 is 5.43 Å². The highest BCUT2D eigenvalue weighted by molar-refractivity contribution is 5.78. The van der Waals surface area contributed by atoms with Gasteiger partial charge in [-0.25, -0.2) is 5.43 Å². The van der Waals surface area contributed by atoms with Crippen molar-refractivity contribution in [1.82, 2.24) is 10.3 Å². The van der Waals surface area contributed by atoms with Crippen molar-refractivity contribution in [2.75, 3.05) is 13.1 Å². The zero-order chi connectivity index (χ0) is 14.9. The molecule has 116 valence electrons. The summed E-state index contributed by atoms with van der Waals surface area (Å²) in [5.74, 6) is 0.135. The van der Waals surface area contributed by atoms with Gasteiger partial charge in [0.25, 0.3) is 5.91 Å². The van der Waals surface area contributed by atoms with Crippen LogP contribution in [0.3, 0.4) is 0 Å². The SMILES string of the molecule is N#CCC(=O)N/N=C\[C@H]1CCC[C@@H](N2CCCCC2)CC1. The maximum Gasteiger partial charge on any atom is 0.254 e. The summed E-state index contributed by atoms with van der Waals surface area (Å²) in [6, 6.07) is 2.56. The van der Waals surface area contributed by atoms with Crippen LogP contribution in [0.4, 0.5) is 0 Å². The van der Waals surface area contributed by atoms with Gasteiger partial charge in [0.05, 0.1) is 6.07 Å². The van der Waals surface area contributed by atoms with Crippen molar-refractivity contribution in [1.29, 1.82) is 5.26 Å². The molecule has 2 rings (SSSR count). The molecule has 1 heterocycles. The number of likely N-dealkylation sites (tertiary alicyclic amines) is 1. The molecule has 0 aromatic heterocycles. The van der Waals surface area contributed by atoms with Crippen LogP contribution in [0, 0.1) is 17.2 Å². The number of nitrogens with one attached hydrogen (secondary N) is 1. The van der Waals surface area contributed by atoms with Crippen LogP contribution in [0.1, 0.15) is 57.8 Å². The van der Waals surface area contributed by atoms with Crippen LogP contribution in [0.2, 0.25) is 0 Å². The van der Waals surface area contributed by atoms with E-state index in [4.69, 9.17) is 5.26 Å². The molecule has 0 bridgehead atoms. The third kappa shape index (κ3) is 5.47. The van der Waals surface area contributed by atoms with E-state index in [1.807, 2.05) is 12.3 Å². The summed E-state index contributed by atoms with van der Waals surface area (Å²) in [5, 5.41) is 12.4. The lowest BCUT2D eigenvalue weighted by Gasteiger charge is -2.34. The van der Waals surface area contributed by atoms with Crippen LogP contribution >= 0.6 is 0 Å². The van der Waals surface area contributed by atoms with Crippen LogP contribution in [0.15, 0.2) is 5.10 Å². The second-order valence-electron chi connectivity index (χ2n) is 6.17. The van der Waals surface area contributed by atoms with Crippen molar-refractivity contribution in [3.05, 3.63) is 0 Å². The van der Waals surface area contributed by atoms with Crippen molar-refractivity contribution in [2.45, 2.75) is 63.8 Å². The molecule has 1 aliphatic carbocycles. The molecule has 2 fully saturated rings. The van der Waals surface area contributed by atoms with E-state index < -0.39 is 0 Å². The maximum atomic E-state index is 11.2. The Morgan fingerprint density at radius 2 is 2.00 bits per heavy atom. The largest absolute Gasteiger partial charge is 0.300 e. The number of piperidine rings is 1. The Morgan fingerprint density at radius 3 is 2.76 bits per heavy atom. The zero-order valence-electron chi connectivity index (χ0n) is 12.8. The van der Waals surface area contributed by atoms with Crippen molar-refractivity contribution in [3.63, 3.8) is 0 Å². The summed E-state index contributed by atoms with van der Waals surface area (Å²) < 4.78 is 0. The highest BCUT2D eigenvalue weighted by atomic mass is 16.2. The molecule has 1 amide bonds. The zero-order valence-corrected chi connectivity index (χ0v) is 12.8. The summed E-state index contributed by atoms with van der Waals surface area (Å²) in [7, 11) is 0. The topological polar surface area (TPSA) is 68.5 Å². The van der Waals surface area contributed by atoms with Gasteiger partial charge in [-0.15, -0.1) is 0 Å². The minimum absolute atomic E-state index is 0.126. The molecule has 0 radical (unpaired) electrons. The highest BCUT2D eigenvalue weighted by Crippen LogP contribution is 2.27. The van der Waals surface area contributed by atoms with E-state index in [1.165, 1.54) is 51.6 Å². The normalized spacial score (nSPS) is 28.0. The Balaban J connectivity index is 1.74. The Morgan fingerprint density at radius 1 is 1.19 bits per heavy atom. The molecular weight excluding hydrogens is 264 g/mol. The van der Waals surface area contributed by atoms with Crippen LogP contribution in [-0.4, -0.2) is 36.2 Å². The number of carbonyl (C=O) groups is 1. The quantitative estimate of drug-likeness (QED) is 0.491. The number of carbonyl (C=O) groups excluding carboxylic acids is 1. The minimum Gasteiger partial charge on any atom is -0.300 e. The molecule has 1 N–H and O–H groups in total. The van der Waals surface area contributed by atoms with Gasteiger partial charge >= 0.3 is 0 Å². The molecule has 5 nitrogen and oxygen atoms in total. The lowest BCUT2D eigenvalue weighted by Crippen LogP contribution is -2.38. The Bertz CT molecular complexity index is 396. The molecule has 2 aliphatic rings. The van der Waals surface area contributed by atoms with Gasteiger partial charge in [0.15, 0.2) is 0 Å². The monoisotopic (exact) mass is 290 g/mol. The average Bonchev–Trinajstić information content (AvgIpc) is 2.74. The van der Waals surface area contributed by atoms with E-state index in [2.05, 4.69) is 15.4 Å². The fourth-order valence-electron chi connectivity index (χ4n) is 3.43. The van der Waals surface area contributed by atoms with Crippen LogP contribution in [0.5, 0.6) is 0 Å². The average molecular weight is 290 g/mol. The number of nitriles is 1. The third-order valence-electron chi connectivity index (χ3n) is 4.60. The summed E-state index contributed by atoms with van der Waals surface area (Å²) >= 11 is 0. The predicted octanol–water partition coefficient (Wildman–Crippen LogP) is 2.44. The van der Waals surface area contributed by atoms with Gasteiger partial charge in [-0.05, 0) is 57.5 Å². The lowest BCUT2D eigenvalue weighted by atomic mass is 10.0. The van der Waals surface area contributed by atoms with E-state index in [-0.39, 0.29) is 12.3 Å². The molecule has 0 unspecified atom stereocenters. The molecule has 2 atom stereocenters. The van der Waals surface area contributed by atoms with Crippen molar-refractivity contribution in [3.8, 4) is 6.07 Å². The first-order valence-electron chi connectivity index (χ1n) is 8.22. The van der Waals surface area contributed by atoms with Gasteiger partial charge in [-0.3, -0.25) is 4.79 Å². The summed E-state index contributed by atoms with van der Waals surface area (Å²) in [6.07, 6.45) is 11.9. The fourth-order valence-corrected chi connectivity index (χ4v) is 3.43. The lowest BCUT2D eigenvalue weighted by molar-refractivity contribution is -0.120. The van der Waals surface area contributed by atoms with Gasteiger partial charge in [0.1, 0.15) is 6.42 Å². The molecule has 0 spiro atoms. The van der Waals surface area contributed by atoms with Crippen LogP contribution in [-0.2, 0) is 4.79 Å². The number of nitrogens with zero attached hydrogens (tertiary/aromatic N) is 3. The molecule has 0 aromatic carbocycles. The second kappa shape index (κ2) is 8.78. The molecule has 1 saturated heterocycles. The number of hydrazone groups is 1. The van der Waals surface area contributed by atoms with E-state index >= 15 is 0 Å². The fraction of sp³-hybridized carbons (Fsp3) is 0.812. The predicted molar refractivity (Wildman–Crippen MR) is 82.7 cm³/mol. The molecule has 1 saturated carbocycles. The van der Waals surface area contributed by atoms with Gasteiger partial charge in [-0.2, -0.15) is 10.4 Å². The Hall–Kier alpha value is -1.41. The summed E-state index contributed by atoms with van der Waals surface area (Å²) in [6.45, 7) is 2.54. The van der Waals surface area contributed by atoms with E-state index in [1.54, 1.807) is 0 Å². The molecule has 1 aliphatic heterocycles. The number of hydrogen-bond donors (Lipinski definition) is 1.